The highest BCUT2D eigenvalue weighted by Crippen LogP contribution is 2.40. The minimum Gasteiger partial charge on any atom is -0.497 e. The first-order valence-corrected chi connectivity index (χ1v) is 9.40. The number of halogens is 1. The van der Waals surface area contributed by atoms with Gasteiger partial charge in [0, 0.05) is 18.2 Å². The summed E-state index contributed by atoms with van der Waals surface area (Å²) in [6, 6.07) is 11.3. The van der Waals surface area contributed by atoms with Gasteiger partial charge in [-0.15, -0.1) is 0 Å². The van der Waals surface area contributed by atoms with Crippen LogP contribution in [0.15, 0.2) is 42.5 Å². The van der Waals surface area contributed by atoms with Crippen LogP contribution in [0.4, 0.5) is 4.39 Å². The van der Waals surface area contributed by atoms with E-state index in [1.54, 1.807) is 26.4 Å². The van der Waals surface area contributed by atoms with Gasteiger partial charge in [0.2, 0.25) is 5.91 Å². The van der Waals surface area contributed by atoms with Crippen molar-refractivity contribution in [2.24, 2.45) is 0 Å². The van der Waals surface area contributed by atoms with Crippen LogP contribution in [0.3, 0.4) is 0 Å². The number of ether oxygens (including phenoxy) is 2. The normalized spacial score (nSPS) is 17.6. The Kier molecular flexibility index (Phi) is 6.19. The highest BCUT2D eigenvalue weighted by molar-refractivity contribution is 5.84. The third-order valence-electron chi connectivity index (χ3n) is 5.27. The fourth-order valence-electron chi connectivity index (χ4n) is 3.91. The van der Waals surface area contributed by atoms with Crippen LogP contribution in [0.5, 0.6) is 11.5 Å². The van der Waals surface area contributed by atoms with Gasteiger partial charge in [0.25, 0.3) is 0 Å². The number of carbonyl (C=O) groups is 1. The smallest absolute Gasteiger partial charge is 0.245 e. The van der Waals surface area contributed by atoms with Gasteiger partial charge in [0.05, 0.1) is 20.3 Å². The summed E-state index contributed by atoms with van der Waals surface area (Å²) in [5.74, 6) is 1.13. The van der Waals surface area contributed by atoms with Gasteiger partial charge in [-0.2, -0.15) is 0 Å². The maximum absolute atomic E-state index is 13.5. The average Bonchev–Trinajstić information content (AvgIpc) is 3.18. The second kappa shape index (κ2) is 8.61. The number of carbonyl (C=O) groups excluding carboxylic acids is 1. The molecule has 2 aromatic rings. The summed E-state index contributed by atoms with van der Waals surface area (Å²) in [6.45, 7) is 0.685. The molecule has 1 amide bonds. The lowest BCUT2D eigenvalue weighted by Gasteiger charge is -2.33. The fourth-order valence-corrected chi connectivity index (χ4v) is 3.91. The van der Waals surface area contributed by atoms with Gasteiger partial charge in [-0.3, -0.25) is 9.69 Å². The average molecular weight is 386 g/mol. The van der Waals surface area contributed by atoms with Gasteiger partial charge in [0.15, 0.2) is 0 Å². The minimum absolute atomic E-state index is 0.0111. The molecule has 0 bridgehead atoms. The van der Waals surface area contributed by atoms with Crippen molar-refractivity contribution in [1.82, 2.24) is 9.80 Å². The van der Waals surface area contributed by atoms with Crippen molar-refractivity contribution in [1.29, 1.82) is 0 Å². The molecular formula is C22H27FN2O3. The van der Waals surface area contributed by atoms with E-state index in [4.69, 9.17) is 9.47 Å². The van der Waals surface area contributed by atoms with Crippen LogP contribution in [0, 0.1) is 5.82 Å². The van der Waals surface area contributed by atoms with Crippen molar-refractivity contribution in [3.8, 4) is 11.5 Å². The van der Waals surface area contributed by atoms with Crippen molar-refractivity contribution < 1.29 is 18.7 Å². The third-order valence-corrected chi connectivity index (χ3v) is 5.27. The van der Waals surface area contributed by atoms with Crippen LogP contribution in [0.2, 0.25) is 0 Å². The molecule has 150 valence electrons. The van der Waals surface area contributed by atoms with Gasteiger partial charge in [-0.05, 0) is 56.8 Å². The molecule has 0 aliphatic carbocycles. The number of hydrogen-bond acceptors (Lipinski definition) is 4. The molecular weight excluding hydrogens is 359 g/mol. The Morgan fingerprint density at radius 2 is 1.86 bits per heavy atom. The molecule has 0 spiro atoms. The summed E-state index contributed by atoms with van der Waals surface area (Å²) < 4.78 is 24.2. The second-order valence-electron chi connectivity index (χ2n) is 7.22. The topological polar surface area (TPSA) is 42.0 Å². The number of likely N-dealkylation sites (N-methyl/N-ethyl adjacent to an activating group) is 1. The lowest BCUT2D eigenvalue weighted by atomic mass is 10.0. The number of amides is 1. The predicted molar refractivity (Wildman–Crippen MR) is 106 cm³/mol. The van der Waals surface area contributed by atoms with E-state index in [0.717, 1.165) is 24.0 Å². The Morgan fingerprint density at radius 3 is 2.46 bits per heavy atom. The zero-order valence-corrected chi connectivity index (χ0v) is 16.8. The molecule has 5 nitrogen and oxygen atoms in total. The first kappa shape index (κ1) is 20.1. The first-order chi connectivity index (χ1) is 13.5. The molecule has 0 radical (unpaired) electrons. The lowest BCUT2D eigenvalue weighted by molar-refractivity contribution is -0.137. The van der Waals surface area contributed by atoms with E-state index in [-0.39, 0.29) is 17.8 Å². The van der Waals surface area contributed by atoms with E-state index in [0.29, 0.717) is 18.0 Å². The molecule has 1 aliphatic rings. The maximum atomic E-state index is 13.5. The van der Waals surface area contributed by atoms with Crippen molar-refractivity contribution in [3.05, 3.63) is 59.4 Å². The lowest BCUT2D eigenvalue weighted by Crippen LogP contribution is -2.40. The van der Waals surface area contributed by atoms with Gasteiger partial charge < -0.3 is 14.4 Å². The number of hydrogen-bond donors (Lipinski definition) is 0. The van der Waals surface area contributed by atoms with E-state index in [1.807, 2.05) is 42.1 Å². The summed E-state index contributed by atoms with van der Waals surface area (Å²) in [4.78, 5) is 17.3. The van der Waals surface area contributed by atoms with Crippen molar-refractivity contribution in [3.63, 3.8) is 0 Å². The van der Waals surface area contributed by atoms with Crippen molar-refractivity contribution >= 4 is 5.91 Å². The van der Waals surface area contributed by atoms with Crippen LogP contribution in [-0.2, 0) is 4.79 Å². The number of rotatable bonds is 6. The molecule has 1 aliphatic heterocycles. The van der Waals surface area contributed by atoms with Crippen LogP contribution >= 0.6 is 0 Å². The number of methoxy groups -OCH3 is 2. The maximum Gasteiger partial charge on any atom is 0.245 e. The van der Waals surface area contributed by atoms with Gasteiger partial charge in [-0.25, -0.2) is 4.39 Å². The molecule has 28 heavy (non-hydrogen) atoms. The largest absolute Gasteiger partial charge is 0.497 e. The molecule has 2 atom stereocenters. The molecule has 0 N–H and O–H groups in total. The van der Waals surface area contributed by atoms with Gasteiger partial charge in [-0.1, -0.05) is 12.1 Å². The summed E-state index contributed by atoms with van der Waals surface area (Å²) in [6.07, 6.45) is 1.80. The molecule has 0 unspecified atom stereocenters. The molecule has 6 heteroatoms. The Hall–Kier alpha value is -2.60. The summed E-state index contributed by atoms with van der Waals surface area (Å²) in [7, 11) is 6.97. The molecule has 3 rings (SSSR count). The quantitative estimate of drug-likeness (QED) is 0.757. The van der Waals surface area contributed by atoms with Crippen LogP contribution in [0.25, 0.3) is 0 Å². The number of benzene rings is 2. The third kappa shape index (κ3) is 3.97. The zero-order chi connectivity index (χ0) is 20.3. The Morgan fingerprint density at radius 1 is 1.14 bits per heavy atom. The summed E-state index contributed by atoms with van der Waals surface area (Å²) >= 11 is 0. The molecule has 2 aromatic carbocycles. The number of likely N-dealkylation sites (tertiary alicyclic amines) is 1. The van der Waals surface area contributed by atoms with Crippen molar-refractivity contribution in [2.45, 2.75) is 24.9 Å². The molecule has 1 fully saturated rings. The Balaban J connectivity index is 1.92. The van der Waals surface area contributed by atoms with Gasteiger partial charge >= 0.3 is 0 Å². The van der Waals surface area contributed by atoms with E-state index in [2.05, 4.69) is 0 Å². The Labute approximate surface area is 165 Å². The highest BCUT2D eigenvalue weighted by atomic mass is 19.1. The van der Waals surface area contributed by atoms with Crippen molar-refractivity contribution in [2.75, 3.05) is 34.9 Å². The second-order valence-corrected chi connectivity index (χ2v) is 7.22. The highest BCUT2D eigenvalue weighted by Gasteiger charge is 2.36. The number of nitrogens with zero attached hydrogens (tertiary/aromatic N) is 2. The molecule has 1 saturated heterocycles. The van der Waals surface area contributed by atoms with E-state index in [1.165, 1.54) is 12.1 Å². The fraction of sp³-hybridized carbons (Fsp3) is 0.409. The Bertz CT molecular complexity index is 823. The SMILES string of the molecule is COc1ccc([C@@H]2CCCN2C(=O)[C@H](c2ccc(F)cc2)N(C)C)c(OC)c1. The standard InChI is InChI=1S/C22H27FN2O3/c1-24(2)21(15-7-9-16(23)10-8-15)22(26)25-13-5-6-19(25)18-12-11-17(27-3)14-20(18)28-4/h7-12,14,19,21H,5-6,13H2,1-4H3/t19-,21-/m0/s1. The van der Waals surface area contributed by atoms with Crippen LogP contribution in [-0.4, -0.2) is 50.6 Å². The molecule has 0 aromatic heterocycles. The summed E-state index contributed by atoms with van der Waals surface area (Å²) in [5.41, 5.74) is 1.76. The summed E-state index contributed by atoms with van der Waals surface area (Å²) in [5, 5.41) is 0. The van der Waals surface area contributed by atoms with Crippen LogP contribution < -0.4 is 9.47 Å². The monoisotopic (exact) mass is 386 g/mol. The predicted octanol–water partition coefficient (Wildman–Crippen LogP) is 3.81. The minimum atomic E-state index is -0.467. The zero-order valence-electron chi connectivity index (χ0n) is 16.8. The van der Waals surface area contributed by atoms with E-state index < -0.39 is 6.04 Å². The molecule has 1 heterocycles. The van der Waals surface area contributed by atoms with Crippen LogP contribution in [0.1, 0.15) is 36.1 Å². The molecule has 0 saturated carbocycles. The van der Waals surface area contributed by atoms with E-state index >= 15 is 0 Å². The van der Waals surface area contributed by atoms with Gasteiger partial charge in [0.1, 0.15) is 23.4 Å². The van der Waals surface area contributed by atoms with E-state index in [9.17, 15) is 9.18 Å². The first-order valence-electron chi connectivity index (χ1n) is 9.40.